The van der Waals surface area contributed by atoms with Crippen LogP contribution in [0.1, 0.15) is 0 Å². The minimum Gasteiger partial charge on any atom is -0.480 e. The molecular formula is C9H7N3O3. The van der Waals surface area contributed by atoms with Gasteiger partial charge in [0.25, 0.3) is 5.56 Å². The Morgan fingerprint density at radius 3 is 3.07 bits per heavy atom. The van der Waals surface area contributed by atoms with E-state index in [-0.39, 0.29) is 12.1 Å². The standard InChI is InChI=1S/C9H7N3O3/c13-8(14)4-12-5-11-7-3-10-2-1-6(7)9(12)15/h1-3,5H,4H2,(H,13,14). The minimum atomic E-state index is -1.08. The van der Waals surface area contributed by atoms with Crippen molar-refractivity contribution >= 4 is 16.9 Å². The van der Waals surface area contributed by atoms with Gasteiger partial charge in [-0.1, -0.05) is 0 Å². The van der Waals surface area contributed by atoms with Crippen LogP contribution in [0.15, 0.2) is 29.6 Å². The Balaban J connectivity index is 2.65. The van der Waals surface area contributed by atoms with Crippen molar-refractivity contribution in [2.75, 3.05) is 0 Å². The topological polar surface area (TPSA) is 85.1 Å². The molecule has 2 heterocycles. The fourth-order valence-corrected chi connectivity index (χ4v) is 1.27. The second kappa shape index (κ2) is 3.49. The lowest BCUT2D eigenvalue weighted by Gasteiger charge is -2.02. The number of carbonyl (C=O) groups is 1. The summed E-state index contributed by atoms with van der Waals surface area (Å²) in [4.78, 5) is 29.9. The maximum absolute atomic E-state index is 11.7. The van der Waals surface area contributed by atoms with Gasteiger partial charge in [-0.05, 0) is 6.07 Å². The summed E-state index contributed by atoms with van der Waals surface area (Å²) in [6.45, 7) is -0.385. The zero-order valence-corrected chi connectivity index (χ0v) is 7.62. The number of nitrogens with zero attached hydrogens (tertiary/aromatic N) is 3. The predicted octanol–water partition coefficient (Wildman–Crippen LogP) is -0.124. The van der Waals surface area contributed by atoms with E-state index in [4.69, 9.17) is 5.11 Å². The van der Waals surface area contributed by atoms with Gasteiger partial charge in [0, 0.05) is 6.20 Å². The molecule has 76 valence electrons. The monoisotopic (exact) mass is 205 g/mol. The van der Waals surface area contributed by atoms with Gasteiger partial charge in [0.05, 0.1) is 23.4 Å². The van der Waals surface area contributed by atoms with Crippen molar-refractivity contribution in [1.29, 1.82) is 0 Å². The molecule has 0 spiro atoms. The Kier molecular flexibility index (Phi) is 2.17. The van der Waals surface area contributed by atoms with Crippen molar-refractivity contribution in [2.45, 2.75) is 6.54 Å². The van der Waals surface area contributed by atoms with E-state index in [2.05, 4.69) is 9.97 Å². The predicted molar refractivity (Wildman–Crippen MR) is 51.4 cm³/mol. The van der Waals surface area contributed by atoms with E-state index in [1.54, 1.807) is 0 Å². The normalized spacial score (nSPS) is 10.4. The molecule has 0 bridgehead atoms. The number of fused-ring (bicyclic) bond motifs is 1. The highest BCUT2D eigenvalue weighted by Crippen LogP contribution is 2.01. The van der Waals surface area contributed by atoms with Crippen LogP contribution >= 0.6 is 0 Å². The number of carboxylic acid groups (broad SMARTS) is 1. The molecule has 2 aromatic heterocycles. The molecule has 0 aliphatic heterocycles. The molecule has 0 saturated heterocycles. The van der Waals surface area contributed by atoms with E-state index in [0.717, 1.165) is 4.57 Å². The van der Waals surface area contributed by atoms with Crippen LogP contribution in [0.5, 0.6) is 0 Å². The van der Waals surface area contributed by atoms with E-state index in [0.29, 0.717) is 10.9 Å². The molecular weight excluding hydrogens is 198 g/mol. The molecule has 6 nitrogen and oxygen atoms in total. The zero-order chi connectivity index (χ0) is 10.8. The first-order chi connectivity index (χ1) is 7.18. The summed E-state index contributed by atoms with van der Waals surface area (Å²) >= 11 is 0. The zero-order valence-electron chi connectivity index (χ0n) is 7.62. The van der Waals surface area contributed by atoms with Crippen LogP contribution in [-0.2, 0) is 11.3 Å². The van der Waals surface area contributed by atoms with E-state index >= 15 is 0 Å². The molecule has 0 aliphatic carbocycles. The summed E-state index contributed by atoms with van der Waals surface area (Å²) in [7, 11) is 0. The van der Waals surface area contributed by atoms with Crippen LogP contribution in [0, 0.1) is 0 Å². The molecule has 0 radical (unpaired) electrons. The highest BCUT2D eigenvalue weighted by molar-refractivity contribution is 5.76. The average molecular weight is 205 g/mol. The lowest BCUT2D eigenvalue weighted by Crippen LogP contribution is -2.24. The van der Waals surface area contributed by atoms with Gasteiger partial charge in [0.1, 0.15) is 6.54 Å². The molecule has 0 aromatic carbocycles. The number of carboxylic acids is 1. The highest BCUT2D eigenvalue weighted by Gasteiger charge is 2.05. The van der Waals surface area contributed by atoms with Crippen molar-refractivity contribution in [3.63, 3.8) is 0 Å². The third kappa shape index (κ3) is 1.69. The lowest BCUT2D eigenvalue weighted by atomic mass is 10.3. The molecule has 15 heavy (non-hydrogen) atoms. The van der Waals surface area contributed by atoms with Gasteiger partial charge < -0.3 is 5.11 Å². The van der Waals surface area contributed by atoms with E-state index < -0.39 is 5.97 Å². The summed E-state index contributed by atoms with van der Waals surface area (Å²) in [6, 6.07) is 1.52. The molecule has 2 aromatic rings. The Hall–Kier alpha value is -2.24. The molecule has 1 N–H and O–H groups in total. The summed E-state index contributed by atoms with van der Waals surface area (Å²) in [5, 5.41) is 8.93. The Morgan fingerprint density at radius 1 is 1.53 bits per heavy atom. The number of hydrogen-bond acceptors (Lipinski definition) is 4. The Bertz CT molecular complexity index is 576. The van der Waals surface area contributed by atoms with E-state index in [9.17, 15) is 9.59 Å². The molecule has 0 amide bonds. The quantitative estimate of drug-likeness (QED) is 0.738. The lowest BCUT2D eigenvalue weighted by molar-refractivity contribution is -0.137. The molecule has 0 atom stereocenters. The Labute approximate surface area is 83.8 Å². The van der Waals surface area contributed by atoms with Gasteiger partial charge in [0.2, 0.25) is 0 Å². The van der Waals surface area contributed by atoms with Crippen LogP contribution < -0.4 is 5.56 Å². The van der Waals surface area contributed by atoms with Crippen LogP contribution in [-0.4, -0.2) is 25.6 Å². The molecule has 6 heteroatoms. The fourth-order valence-electron chi connectivity index (χ4n) is 1.27. The van der Waals surface area contributed by atoms with E-state index in [1.165, 1.54) is 24.8 Å². The summed E-state index contributed by atoms with van der Waals surface area (Å²) < 4.78 is 1.05. The number of aromatic nitrogens is 3. The number of aliphatic carboxylic acids is 1. The largest absolute Gasteiger partial charge is 0.480 e. The number of pyridine rings is 1. The summed E-state index contributed by atoms with van der Waals surface area (Å²) in [5.74, 6) is -1.08. The van der Waals surface area contributed by atoms with Gasteiger partial charge in [-0.15, -0.1) is 0 Å². The SMILES string of the molecule is O=C(O)Cn1cnc2cnccc2c1=O. The van der Waals surface area contributed by atoms with Crippen LogP contribution in [0.4, 0.5) is 0 Å². The maximum atomic E-state index is 11.7. The molecule has 0 aliphatic rings. The van der Waals surface area contributed by atoms with Crippen molar-refractivity contribution in [3.8, 4) is 0 Å². The highest BCUT2D eigenvalue weighted by atomic mass is 16.4. The summed E-state index contributed by atoms with van der Waals surface area (Å²) in [6.07, 6.45) is 4.14. The third-order valence-corrected chi connectivity index (χ3v) is 1.93. The maximum Gasteiger partial charge on any atom is 0.323 e. The van der Waals surface area contributed by atoms with Gasteiger partial charge in [0.15, 0.2) is 0 Å². The Morgan fingerprint density at radius 2 is 2.33 bits per heavy atom. The van der Waals surface area contributed by atoms with Gasteiger partial charge in [-0.25, -0.2) is 4.98 Å². The first-order valence-corrected chi connectivity index (χ1v) is 4.19. The first kappa shape index (κ1) is 9.32. The van der Waals surface area contributed by atoms with Gasteiger partial charge >= 0.3 is 5.97 Å². The van der Waals surface area contributed by atoms with Crippen LogP contribution in [0.2, 0.25) is 0 Å². The first-order valence-electron chi connectivity index (χ1n) is 4.19. The van der Waals surface area contributed by atoms with Crippen molar-refractivity contribution in [1.82, 2.24) is 14.5 Å². The van der Waals surface area contributed by atoms with Gasteiger partial charge in [-0.2, -0.15) is 0 Å². The van der Waals surface area contributed by atoms with Crippen molar-refractivity contribution in [2.24, 2.45) is 0 Å². The summed E-state index contributed by atoms with van der Waals surface area (Å²) in [5.41, 5.74) is 0.0916. The average Bonchev–Trinajstić information content (AvgIpc) is 2.22. The third-order valence-electron chi connectivity index (χ3n) is 1.93. The van der Waals surface area contributed by atoms with Gasteiger partial charge in [-0.3, -0.25) is 19.1 Å². The fraction of sp³-hybridized carbons (Fsp3) is 0.111. The molecule has 0 saturated carbocycles. The van der Waals surface area contributed by atoms with Crippen LogP contribution in [0.3, 0.4) is 0 Å². The second-order valence-corrected chi connectivity index (χ2v) is 2.96. The molecule has 2 rings (SSSR count). The van der Waals surface area contributed by atoms with E-state index in [1.807, 2.05) is 0 Å². The van der Waals surface area contributed by atoms with Crippen molar-refractivity contribution < 1.29 is 9.90 Å². The second-order valence-electron chi connectivity index (χ2n) is 2.96. The smallest absolute Gasteiger partial charge is 0.323 e. The minimum absolute atomic E-state index is 0.369. The molecule has 0 fully saturated rings. The number of rotatable bonds is 2. The molecule has 0 unspecified atom stereocenters. The number of hydrogen-bond donors (Lipinski definition) is 1. The van der Waals surface area contributed by atoms with Crippen molar-refractivity contribution in [3.05, 3.63) is 35.1 Å². The van der Waals surface area contributed by atoms with Crippen LogP contribution in [0.25, 0.3) is 10.9 Å².